The third-order valence-electron chi connectivity index (χ3n) is 3.22. The molecule has 0 bridgehead atoms. The van der Waals surface area contributed by atoms with Crippen LogP contribution in [0.4, 0.5) is 9.18 Å². The highest BCUT2D eigenvalue weighted by molar-refractivity contribution is 6.17. The van der Waals surface area contributed by atoms with Gasteiger partial charge in [-0.2, -0.15) is 0 Å². The van der Waals surface area contributed by atoms with E-state index in [1.165, 1.54) is 4.90 Å². The second kappa shape index (κ2) is 5.60. The van der Waals surface area contributed by atoms with E-state index in [4.69, 9.17) is 16.3 Å². The molecule has 0 fully saturated rings. The van der Waals surface area contributed by atoms with E-state index in [2.05, 4.69) is 0 Å². The lowest BCUT2D eigenvalue weighted by Gasteiger charge is -2.31. The summed E-state index contributed by atoms with van der Waals surface area (Å²) in [7, 11) is 0. The molecule has 0 saturated carbocycles. The van der Waals surface area contributed by atoms with E-state index in [-0.39, 0.29) is 18.2 Å². The number of amides is 1. The Morgan fingerprint density at radius 1 is 1.45 bits per heavy atom. The van der Waals surface area contributed by atoms with Crippen LogP contribution in [0.3, 0.4) is 0 Å². The number of nitrogens with zero attached hydrogens (tertiary/aromatic N) is 1. The molecule has 1 aliphatic rings. The van der Waals surface area contributed by atoms with E-state index in [1.54, 1.807) is 6.07 Å². The Morgan fingerprint density at radius 3 is 2.75 bits per heavy atom. The van der Waals surface area contributed by atoms with E-state index in [1.807, 2.05) is 26.8 Å². The van der Waals surface area contributed by atoms with Crippen molar-refractivity contribution in [3.63, 3.8) is 0 Å². The molecule has 0 N–H and O–H groups in total. The lowest BCUT2D eigenvalue weighted by atomic mass is 9.97. The summed E-state index contributed by atoms with van der Waals surface area (Å²) in [6.07, 6.45) is 0.229. The van der Waals surface area contributed by atoms with Crippen molar-refractivity contribution < 1.29 is 13.9 Å². The molecule has 1 aromatic rings. The lowest BCUT2D eigenvalue weighted by molar-refractivity contribution is 0.0221. The van der Waals surface area contributed by atoms with Gasteiger partial charge in [-0.25, -0.2) is 9.18 Å². The summed E-state index contributed by atoms with van der Waals surface area (Å²) in [4.78, 5) is 13.6. The average molecular weight is 300 g/mol. The van der Waals surface area contributed by atoms with Crippen LogP contribution in [0.25, 0.3) is 0 Å². The Balaban J connectivity index is 2.20. The highest BCUT2D eigenvalue weighted by atomic mass is 35.5. The first-order valence-corrected chi connectivity index (χ1v) is 7.18. The minimum absolute atomic E-state index is 0.131. The van der Waals surface area contributed by atoms with Gasteiger partial charge in [0.1, 0.15) is 11.4 Å². The summed E-state index contributed by atoms with van der Waals surface area (Å²) in [6, 6.07) is 3.60. The summed E-state index contributed by atoms with van der Waals surface area (Å²) in [6.45, 7) is 6.22. The monoisotopic (exact) mass is 299 g/mol. The zero-order chi connectivity index (χ0) is 14.9. The fourth-order valence-corrected chi connectivity index (χ4v) is 2.43. The van der Waals surface area contributed by atoms with Crippen LogP contribution >= 0.6 is 11.6 Å². The third kappa shape index (κ3) is 3.23. The molecular formula is C15H19ClFNO2. The van der Waals surface area contributed by atoms with Crippen molar-refractivity contribution >= 4 is 17.7 Å². The quantitative estimate of drug-likeness (QED) is 0.737. The average Bonchev–Trinajstić information content (AvgIpc) is 2.37. The van der Waals surface area contributed by atoms with E-state index >= 15 is 0 Å². The van der Waals surface area contributed by atoms with Crippen molar-refractivity contribution in [1.29, 1.82) is 0 Å². The largest absolute Gasteiger partial charge is 0.444 e. The van der Waals surface area contributed by atoms with Crippen LogP contribution in [-0.2, 0) is 23.6 Å². The summed E-state index contributed by atoms with van der Waals surface area (Å²) in [5.41, 5.74) is 1.42. The van der Waals surface area contributed by atoms with Gasteiger partial charge in [-0.3, -0.25) is 0 Å². The summed E-state index contributed by atoms with van der Waals surface area (Å²) < 4.78 is 19.6. The number of fused-ring (bicyclic) bond motifs is 1. The fraction of sp³-hybridized carbons (Fsp3) is 0.533. The van der Waals surface area contributed by atoms with Gasteiger partial charge >= 0.3 is 6.09 Å². The molecule has 1 aromatic carbocycles. The highest BCUT2D eigenvalue weighted by Crippen LogP contribution is 2.26. The maximum atomic E-state index is 14.3. The van der Waals surface area contributed by atoms with Crippen molar-refractivity contribution in [2.24, 2.45) is 0 Å². The molecule has 1 aliphatic heterocycles. The van der Waals surface area contributed by atoms with Gasteiger partial charge in [0.25, 0.3) is 0 Å². The van der Waals surface area contributed by atoms with Gasteiger partial charge in [-0.1, -0.05) is 12.1 Å². The number of carbonyl (C=O) groups excluding carboxylic acids is 1. The maximum Gasteiger partial charge on any atom is 0.410 e. The normalized spacial score (nSPS) is 14.9. The number of rotatable bonds is 1. The van der Waals surface area contributed by atoms with Gasteiger partial charge in [0, 0.05) is 17.7 Å². The molecule has 20 heavy (non-hydrogen) atoms. The van der Waals surface area contributed by atoms with Crippen molar-refractivity contribution in [3.8, 4) is 0 Å². The molecule has 0 spiro atoms. The predicted octanol–water partition coefficient (Wildman–Crippen LogP) is 3.86. The van der Waals surface area contributed by atoms with E-state index in [9.17, 15) is 9.18 Å². The standard InChI is InChI=1S/C15H19ClFNO2/c1-15(2,3)20-14(19)18-7-6-10-4-5-11(8-16)13(17)12(10)9-18/h4-5H,6-9H2,1-3H3. The van der Waals surface area contributed by atoms with Gasteiger partial charge < -0.3 is 9.64 Å². The second-order valence-electron chi connectivity index (χ2n) is 5.96. The molecule has 1 heterocycles. The lowest BCUT2D eigenvalue weighted by Crippen LogP contribution is -2.40. The molecule has 5 heteroatoms. The number of alkyl halides is 1. The van der Waals surface area contributed by atoms with Gasteiger partial charge in [0.2, 0.25) is 0 Å². The first kappa shape index (κ1) is 15.1. The highest BCUT2D eigenvalue weighted by Gasteiger charge is 2.27. The summed E-state index contributed by atoms with van der Waals surface area (Å²) in [5.74, 6) is -0.170. The topological polar surface area (TPSA) is 29.5 Å². The SMILES string of the molecule is CC(C)(C)OC(=O)N1CCc2ccc(CCl)c(F)c2C1. The summed E-state index contributed by atoms with van der Waals surface area (Å²) in [5, 5.41) is 0. The fourth-order valence-electron chi connectivity index (χ4n) is 2.23. The van der Waals surface area contributed by atoms with E-state index < -0.39 is 11.7 Å². The van der Waals surface area contributed by atoms with Crippen LogP contribution in [-0.4, -0.2) is 23.1 Å². The zero-order valence-electron chi connectivity index (χ0n) is 12.0. The van der Waals surface area contributed by atoms with Crippen LogP contribution in [0.1, 0.15) is 37.5 Å². The maximum absolute atomic E-state index is 14.3. The molecule has 0 atom stereocenters. The Hall–Kier alpha value is -1.29. The number of halogens is 2. The van der Waals surface area contributed by atoms with E-state index in [0.29, 0.717) is 24.1 Å². The van der Waals surface area contributed by atoms with Crippen LogP contribution in [0.2, 0.25) is 0 Å². The molecule has 3 nitrogen and oxygen atoms in total. The smallest absolute Gasteiger partial charge is 0.410 e. The van der Waals surface area contributed by atoms with Crippen molar-refractivity contribution in [3.05, 3.63) is 34.6 Å². The second-order valence-corrected chi connectivity index (χ2v) is 6.23. The minimum atomic E-state index is -0.548. The zero-order valence-corrected chi connectivity index (χ0v) is 12.8. The molecule has 0 saturated heterocycles. The van der Waals surface area contributed by atoms with Gasteiger partial charge in [0.05, 0.1) is 12.4 Å². The van der Waals surface area contributed by atoms with Crippen molar-refractivity contribution in [1.82, 2.24) is 4.90 Å². The molecule has 1 amide bonds. The molecule has 0 unspecified atom stereocenters. The Morgan fingerprint density at radius 2 is 2.15 bits per heavy atom. The summed E-state index contributed by atoms with van der Waals surface area (Å²) >= 11 is 5.72. The van der Waals surface area contributed by atoms with Crippen LogP contribution in [0.5, 0.6) is 0 Å². The first-order valence-electron chi connectivity index (χ1n) is 6.65. The third-order valence-corrected chi connectivity index (χ3v) is 3.50. The first-order chi connectivity index (χ1) is 9.31. The predicted molar refractivity (Wildman–Crippen MR) is 76.3 cm³/mol. The van der Waals surface area contributed by atoms with Crippen molar-refractivity contribution in [2.75, 3.05) is 6.54 Å². The van der Waals surface area contributed by atoms with Gasteiger partial charge in [-0.15, -0.1) is 11.6 Å². The minimum Gasteiger partial charge on any atom is -0.444 e. The van der Waals surface area contributed by atoms with Gasteiger partial charge in [-0.05, 0) is 32.8 Å². The Kier molecular flexibility index (Phi) is 4.23. The number of ether oxygens (including phenoxy) is 1. The number of hydrogen-bond acceptors (Lipinski definition) is 2. The number of hydrogen-bond donors (Lipinski definition) is 0. The van der Waals surface area contributed by atoms with E-state index in [0.717, 1.165) is 5.56 Å². The molecule has 0 aromatic heterocycles. The van der Waals surface area contributed by atoms with Crippen LogP contribution in [0.15, 0.2) is 12.1 Å². The van der Waals surface area contributed by atoms with Gasteiger partial charge in [0.15, 0.2) is 0 Å². The molecular weight excluding hydrogens is 281 g/mol. The Labute approximate surface area is 123 Å². The molecule has 110 valence electrons. The Bertz CT molecular complexity index is 525. The van der Waals surface area contributed by atoms with Crippen LogP contribution in [0, 0.1) is 5.82 Å². The molecule has 0 radical (unpaired) electrons. The number of benzene rings is 1. The molecule has 2 rings (SSSR count). The molecule has 0 aliphatic carbocycles. The van der Waals surface area contributed by atoms with Crippen LogP contribution < -0.4 is 0 Å². The van der Waals surface area contributed by atoms with Crippen molar-refractivity contribution in [2.45, 2.75) is 45.2 Å². The number of carbonyl (C=O) groups is 1.